The minimum Gasteiger partial charge on any atom is -0.368 e. The summed E-state index contributed by atoms with van der Waals surface area (Å²) in [5, 5.41) is 3.43. The highest BCUT2D eigenvalue weighted by atomic mass is 16.1. The molecule has 4 heteroatoms. The van der Waals surface area contributed by atoms with Crippen LogP contribution in [0.25, 0.3) is 0 Å². The van der Waals surface area contributed by atoms with Gasteiger partial charge in [0, 0.05) is 18.6 Å². The highest BCUT2D eigenvalue weighted by molar-refractivity contribution is 5.84. The number of nitrogens with zero attached hydrogens (tertiary/aromatic N) is 1. The van der Waals surface area contributed by atoms with Crippen LogP contribution in [0.2, 0.25) is 0 Å². The van der Waals surface area contributed by atoms with E-state index in [4.69, 9.17) is 5.73 Å². The predicted molar refractivity (Wildman–Crippen MR) is 77.8 cm³/mol. The van der Waals surface area contributed by atoms with Crippen LogP contribution in [0.1, 0.15) is 52.9 Å². The SMILES string of the molecule is CC1CCCN(CCC(C)(NC2CC2)C(N)=O)C1C. The van der Waals surface area contributed by atoms with Crippen LogP contribution in [-0.2, 0) is 4.79 Å². The Morgan fingerprint density at radius 2 is 2.05 bits per heavy atom. The maximum Gasteiger partial charge on any atom is 0.237 e. The zero-order chi connectivity index (χ0) is 14.0. The van der Waals surface area contributed by atoms with E-state index < -0.39 is 5.54 Å². The molecule has 1 saturated carbocycles. The fraction of sp³-hybridized carbons (Fsp3) is 0.933. The zero-order valence-electron chi connectivity index (χ0n) is 12.6. The van der Waals surface area contributed by atoms with E-state index in [1.165, 1.54) is 25.7 Å². The van der Waals surface area contributed by atoms with Gasteiger partial charge in [-0.2, -0.15) is 0 Å². The van der Waals surface area contributed by atoms with Gasteiger partial charge in [-0.25, -0.2) is 0 Å². The summed E-state index contributed by atoms with van der Waals surface area (Å²) in [6.07, 6.45) is 5.77. The van der Waals surface area contributed by atoms with Crippen molar-refractivity contribution in [1.29, 1.82) is 0 Å². The third-order valence-electron chi connectivity index (χ3n) is 5.05. The molecule has 0 aromatic heterocycles. The molecule has 2 fully saturated rings. The standard InChI is InChI=1S/C15H29N3O/c1-11-5-4-9-18(12(11)2)10-8-15(3,14(16)19)17-13-6-7-13/h11-13,17H,4-10H2,1-3H3,(H2,16,19). The van der Waals surface area contributed by atoms with Crippen molar-refractivity contribution in [3.63, 3.8) is 0 Å². The van der Waals surface area contributed by atoms with Gasteiger partial charge in [0.15, 0.2) is 0 Å². The molecule has 1 saturated heterocycles. The maximum absolute atomic E-state index is 11.7. The summed E-state index contributed by atoms with van der Waals surface area (Å²) in [7, 11) is 0. The minimum absolute atomic E-state index is 0.211. The van der Waals surface area contributed by atoms with Gasteiger partial charge in [0.1, 0.15) is 0 Å². The summed E-state index contributed by atoms with van der Waals surface area (Å²) in [6.45, 7) is 8.71. The summed E-state index contributed by atoms with van der Waals surface area (Å²) in [6, 6.07) is 1.13. The number of nitrogens with two attached hydrogens (primary N) is 1. The Labute approximate surface area is 117 Å². The van der Waals surface area contributed by atoms with Gasteiger partial charge >= 0.3 is 0 Å². The maximum atomic E-state index is 11.7. The van der Waals surface area contributed by atoms with Gasteiger partial charge in [0.25, 0.3) is 0 Å². The van der Waals surface area contributed by atoms with Crippen LogP contribution in [-0.4, -0.2) is 41.5 Å². The molecule has 0 aromatic rings. The monoisotopic (exact) mass is 267 g/mol. The highest BCUT2D eigenvalue weighted by Gasteiger charge is 2.37. The third-order valence-corrected chi connectivity index (χ3v) is 5.05. The molecule has 2 rings (SSSR count). The lowest BCUT2D eigenvalue weighted by Crippen LogP contribution is -2.56. The van der Waals surface area contributed by atoms with Gasteiger partial charge in [0.2, 0.25) is 5.91 Å². The van der Waals surface area contributed by atoms with Gasteiger partial charge < -0.3 is 16.0 Å². The summed E-state index contributed by atoms with van der Waals surface area (Å²) < 4.78 is 0. The minimum atomic E-state index is -0.540. The summed E-state index contributed by atoms with van der Waals surface area (Å²) >= 11 is 0. The van der Waals surface area contributed by atoms with Crippen molar-refractivity contribution in [2.75, 3.05) is 13.1 Å². The Bertz CT molecular complexity index is 329. The van der Waals surface area contributed by atoms with E-state index in [9.17, 15) is 4.79 Å². The van der Waals surface area contributed by atoms with Crippen molar-refractivity contribution in [3.05, 3.63) is 0 Å². The first-order chi connectivity index (χ1) is 8.92. The lowest BCUT2D eigenvalue weighted by Gasteiger charge is -2.40. The molecule has 2 aliphatic rings. The van der Waals surface area contributed by atoms with Crippen LogP contribution in [0, 0.1) is 5.92 Å². The average molecular weight is 267 g/mol. The third kappa shape index (κ3) is 3.69. The fourth-order valence-electron chi connectivity index (χ4n) is 3.05. The smallest absolute Gasteiger partial charge is 0.237 e. The predicted octanol–water partition coefficient (Wildman–Crippen LogP) is 1.49. The van der Waals surface area contributed by atoms with Crippen molar-refractivity contribution < 1.29 is 4.79 Å². The van der Waals surface area contributed by atoms with Gasteiger partial charge in [0.05, 0.1) is 5.54 Å². The number of amides is 1. The van der Waals surface area contributed by atoms with Gasteiger partial charge in [-0.1, -0.05) is 6.92 Å². The van der Waals surface area contributed by atoms with Crippen molar-refractivity contribution in [2.45, 2.75) is 70.5 Å². The van der Waals surface area contributed by atoms with E-state index in [1.807, 2.05) is 6.92 Å². The Kier molecular flexibility index (Phi) is 4.51. The van der Waals surface area contributed by atoms with Crippen LogP contribution in [0.15, 0.2) is 0 Å². The molecule has 110 valence electrons. The van der Waals surface area contributed by atoms with Crippen LogP contribution >= 0.6 is 0 Å². The van der Waals surface area contributed by atoms with Gasteiger partial charge in [-0.05, 0) is 58.4 Å². The number of rotatable bonds is 6. The Morgan fingerprint density at radius 3 is 2.63 bits per heavy atom. The first-order valence-corrected chi connectivity index (χ1v) is 7.74. The molecule has 1 aliphatic heterocycles. The largest absolute Gasteiger partial charge is 0.368 e. The molecule has 3 atom stereocenters. The molecule has 1 amide bonds. The summed E-state index contributed by atoms with van der Waals surface area (Å²) in [5.74, 6) is 0.544. The van der Waals surface area contributed by atoms with Crippen LogP contribution in [0.4, 0.5) is 0 Å². The number of hydrogen-bond acceptors (Lipinski definition) is 3. The molecule has 4 nitrogen and oxygen atoms in total. The number of piperidine rings is 1. The zero-order valence-corrected chi connectivity index (χ0v) is 12.6. The van der Waals surface area contributed by atoms with E-state index in [1.54, 1.807) is 0 Å². The van der Waals surface area contributed by atoms with Crippen LogP contribution in [0.3, 0.4) is 0 Å². The number of carbonyl (C=O) groups excluding carboxylic acids is 1. The molecule has 1 aliphatic carbocycles. The summed E-state index contributed by atoms with van der Waals surface area (Å²) in [5.41, 5.74) is 5.06. The second-order valence-electron chi connectivity index (χ2n) is 6.76. The molecule has 0 bridgehead atoms. The number of carbonyl (C=O) groups is 1. The van der Waals surface area contributed by atoms with Gasteiger partial charge in [-0.15, -0.1) is 0 Å². The topological polar surface area (TPSA) is 58.4 Å². The second kappa shape index (κ2) is 5.80. The lowest BCUT2D eigenvalue weighted by atomic mass is 9.90. The van der Waals surface area contributed by atoms with E-state index in [-0.39, 0.29) is 5.91 Å². The average Bonchev–Trinajstić information content (AvgIpc) is 3.15. The Morgan fingerprint density at radius 1 is 1.37 bits per heavy atom. The first-order valence-electron chi connectivity index (χ1n) is 7.74. The van der Waals surface area contributed by atoms with Crippen LogP contribution in [0.5, 0.6) is 0 Å². The number of likely N-dealkylation sites (tertiary alicyclic amines) is 1. The normalized spacial score (nSPS) is 31.9. The quantitative estimate of drug-likeness (QED) is 0.766. The molecule has 3 N–H and O–H groups in total. The molecular weight excluding hydrogens is 238 g/mol. The molecule has 1 heterocycles. The first kappa shape index (κ1) is 14.8. The van der Waals surface area contributed by atoms with Crippen molar-refractivity contribution in [3.8, 4) is 0 Å². The number of hydrogen-bond donors (Lipinski definition) is 2. The lowest BCUT2D eigenvalue weighted by molar-refractivity contribution is -0.124. The molecule has 19 heavy (non-hydrogen) atoms. The van der Waals surface area contributed by atoms with Crippen molar-refractivity contribution >= 4 is 5.91 Å². The molecular formula is C15H29N3O. The van der Waals surface area contributed by atoms with Crippen LogP contribution < -0.4 is 11.1 Å². The van der Waals surface area contributed by atoms with Crippen molar-refractivity contribution in [1.82, 2.24) is 10.2 Å². The fourth-order valence-corrected chi connectivity index (χ4v) is 3.05. The Balaban J connectivity index is 1.88. The molecule has 0 radical (unpaired) electrons. The van der Waals surface area contributed by atoms with E-state index in [0.29, 0.717) is 12.1 Å². The molecule has 0 aromatic carbocycles. The number of primary amides is 1. The number of nitrogens with one attached hydrogen (secondary N) is 1. The van der Waals surface area contributed by atoms with E-state index in [0.717, 1.165) is 25.4 Å². The van der Waals surface area contributed by atoms with E-state index in [2.05, 4.69) is 24.1 Å². The Hall–Kier alpha value is -0.610. The molecule has 3 unspecified atom stereocenters. The van der Waals surface area contributed by atoms with E-state index >= 15 is 0 Å². The summed E-state index contributed by atoms with van der Waals surface area (Å²) in [4.78, 5) is 14.3. The van der Waals surface area contributed by atoms with Gasteiger partial charge in [-0.3, -0.25) is 4.79 Å². The van der Waals surface area contributed by atoms with Crippen molar-refractivity contribution in [2.24, 2.45) is 11.7 Å². The molecule has 0 spiro atoms. The highest BCUT2D eigenvalue weighted by Crippen LogP contribution is 2.26. The second-order valence-corrected chi connectivity index (χ2v) is 6.76.